The molecule has 0 unspecified atom stereocenters. The summed E-state index contributed by atoms with van der Waals surface area (Å²) in [7, 11) is 1.64. The van der Waals surface area contributed by atoms with Gasteiger partial charge in [-0.05, 0) is 30.3 Å². The van der Waals surface area contributed by atoms with Gasteiger partial charge in [0.2, 0.25) is 0 Å². The molecule has 2 aromatic carbocycles. The third-order valence-corrected chi connectivity index (χ3v) is 4.05. The number of H-pyrrole nitrogens is 1. The van der Waals surface area contributed by atoms with E-state index in [9.17, 15) is 4.79 Å². The van der Waals surface area contributed by atoms with Crippen LogP contribution >= 0.6 is 0 Å². The summed E-state index contributed by atoms with van der Waals surface area (Å²) in [4.78, 5) is 12.1. The van der Waals surface area contributed by atoms with E-state index in [1.807, 2.05) is 54.6 Å². The molecule has 3 aromatic rings. The third kappa shape index (κ3) is 2.85. The van der Waals surface area contributed by atoms with Crippen LogP contribution in [0.4, 0.5) is 11.5 Å². The molecule has 3 N–H and O–H groups in total. The number of hydrogen-bond donors (Lipinski definition) is 3. The summed E-state index contributed by atoms with van der Waals surface area (Å²) >= 11 is 0. The third-order valence-electron chi connectivity index (χ3n) is 4.05. The molecule has 124 valence electrons. The SMILES string of the molecule is COc1ccc(-c2cc(N/C=C3/C(=O)Nc4ccccc43)[nH]n2)cc1. The molecule has 2 heterocycles. The van der Waals surface area contributed by atoms with Gasteiger partial charge in [0.1, 0.15) is 11.6 Å². The molecule has 1 amide bonds. The average molecular weight is 332 g/mol. The predicted molar refractivity (Wildman–Crippen MR) is 97.2 cm³/mol. The first-order chi connectivity index (χ1) is 12.2. The zero-order valence-corrected chi connectivity index (χ0v) is 13.5. The van der Waals surface area contributed by atoms with Crippen molar-refractivity contribution in [1.82, 2.24) is 10.2 Å². The number of amides is 1. The molecule has 1 aliphatic heterocycles. The lowest BCUT2D eigenvalue weighted by molar-refractivity contribution is -0.110. The summed E-state index contributed by atoms with van der Waals surface area (Å²) in [5.41, 5.74) is 4.08. The van der Waals surface area contributed by atoms with Crippen LogP contribution < -0.4 is 15.4 Å². The number of nitrogens with one attached hydrogen (secondary N) is 3. The molecule has 4 rings (SSSR count). The maximum atomic E-state index is 12.1. The molecule has 0 spiro atoms. The van der Waals surface area contributed by atoms with Crippen molar-refractivity contribution >= 4 is 23.0 Å². The van der Waals surface area contributed by atoms with Gasteiger partial charge in [-0.25, -0.2) is 0 Å². The molecule has 0 saturated carbocycles. The van der Waals surface area contributed by atoms with E-state index in [0.717, 1.165) is 28.3 Å². The standard InChI is InChI=1S/C19H16N4O2/c1-25-13-8-6-12(7-9-13)17-10-18(23-22-17)20-11-15-14-4-2-3-5-16(14)21-19(15)24/h2-11H,1H3,(H,21,24)(H2,20,22,23)/b15-11+. The van der Waals surface area contributed by atoms with Crippen molar-refractivity contribution in [3.8, 4) is 17.0 Å². The fraction of sp³-hybridized carbons (Fsp3) is 0.0526. The summed E-state index contributed by atoms with van der Waals surface area (Å²) in [5.74, 6) is 1.38. The predicted octanol–water partition coefficient (Wildman–Crippen LogP) is 3.49. The Balaban J connectivity index is 1.54. The van der Waals surface area contributed by atoms with E-state index in [0.29, 0.717) is 11.4 Å². The van der Waals surface area contributed by atoms with Crippen LogP contribution in [0.2, 0.25) is 0 Å². The van der Waals surface area contributed by atoms with E-state index in [-0.39, 0.29) is 5.91 Å². The largest absolute Gasteiger partial charge is 0.497 e. The number of aromatic nitrogens is 2. The molecule has 0 saturated heterocycles. The molecule has 0 radical (unpaired) electrons. The molecule has 0 fully saturated rings. The van der Waals surface area contributed by atoms with Gasteiger partial charge in [0.15, 0.2) is 0 Å². The van der Waals surface area contributed by atoms with Crippen LogP contribution in [-0.4, -0.2) is 23.2 Å². The van der Waals surface area contributed by atoms with Gasteiger partial charge in [-0.3, -0.25) is 9.89 Å². The first-order valence-corrected chi connectivity index (χ1v) is 7.82. The van der Waals surface area contributed by atoms with Crippen LogP contribution in [0.3, 0.4) is 0 Å². The molecule has 1 aliphatic rings. The normalized spacial score (nSPS) is 14.3. The van der Waals surface area contributed by atoms with Crippen LogP contribution in [0.1, 0.15) is 5.56 Å². The first kappa shape index (κ1) is 15.0. The number of anilines is 2. The molecular weight excluding hydrogens is 316 g/mol. The van der Waals surface area contributed by atoms with Crippen LogP contribution in [0, 0.1) is 0 Å². The monoisotopic (exact) mass is 332 g/mol. The molecule has 0 bridgehead atoms. The van der Waals surface area contributed by atoms with Gasteiger partial charge in [-0.1, -0.05) is 18.2 Å². The minimum absolute atomic E-state index is 0.122. The summed E-state index contributed by atoms with van der Waals surface area (Å²) in [6.45, 7) is 0. The Morgan fingerprint density at radius 3 is 2.72 bits per heavy atom. The Morgan fingerprint density at radius 1 is 1.12 bits per heavy atom. The number of para-hydroxylation sites is 1. The molecule has 6 nitrogen and oxygen atoms in total. The second kappa shape index (κ2) is 6.16. The van der Waals surface area contributed by atoms with Crippen molar-refractivity contribution in [2.24, 2.45) is 0 Å². The number of rotatable bonds is 4. The van der Waals surface area contributed by atoms with Crippen molar-refractivity contribution in [2.45, 2.75) is 0 Å². The van der Waals surface area contributed by atoms with Crippen molar-refractivity contribution in [1.29, 1.82) is 0 Å². The summed E-state index contributed by atoms with van der Waals surface area (Å²) in [5, 5.41) is 13.2. The molecular formula is C19H16N4O2. The number of carbonyl (C=O) groups excluding carboxylic acids is 1. The highest BCUT2D eigenvalue weighted by Crippen LogP contribution is 2.31. The Bertz CT molecular complexity index is 958. The van der Waals surface area contributed by atoms with E-state index in [1.54, 1.807) is 13.3 Å². The molecule has 6 heteroatoms. The van der Waals surface area contributed by atoms with E-state index >= 15 is 0 Å². The van der Waals surface area contributed by atoms with Crippen molar-refractivity contribution in [3.63, 3.8) is 0 Å². The maximum absolute atomic E-state index is 12.1. The van der Waals surface area contributed by atoms with E-state index in [1.165, 1.54) is 0 Å². The number of aromatic amines is 1. The second-order valence-corrected chi connectivity index (χ2v) is 5.60. The summed E-state index contributed by atoms with van der Waals surface area (Å²) in [6.07, 6.45) is 1.69. The van der Waals surface area contributed by atoms with E-state index in [2.05, 4.69) is 20.8 Å². The highest BCUT2D eigenvalue weighted by atomic mass is 16.5. The maximum Gasteiger partial charge on any atom is 0.257 e. The van der Waals surface area contributed by atoms with Gasteiger partial charge in [-0.15, -0.1) is 0 Å². The fourth-order valence-electron chi connectivity index (χ4n) is 2.74. The topological polar surface area (TPSA) is 79.0 Å². The first-order valence-electron chi connectivity index (χ1n) is 7.82. The lowest BCUT2D eigenvalue weighted by Crippen LogP contribution is -2.05. The Morgan fingerprint density at radius 2 is 1.92 bits per heavy atom. The van der Waals surface area contributed by atoms with E-state index < -0.39 is 0 Å². The van der Waals surface area contributed by atoms with Crippen LogP contribution in [0.25, 0.3) is 16.8 Å². The van der Waals surface area contributed by atoms with Crippen LogP contribution in [-0.2, 0) is 4.79 Å². The number of fused-ring (bicyclic) bond motifs is 1. The lowest BCUT2D eigenvalue weighted by Gasteiger charge is -2.00. The van der Waals surface area contributed by atoms with Crippen molar-refractivity contribution in [2.75, 3.05) is 17.7 Å². The minimum atomic E-state index is -0.122. The van der Waals surface area contributed by atoms with Crippen molar-refractivity contribution in [3.05, 3.63) is 66.4 Å². The Hall–Kier alpha value is -3.54. The molecule has 0 atom stereocenters. The molecule has 1 aromatic heterocycles. The number of methoxy groups -OCH3 is 1. The number of ether oxygens (including phenoxy) is 1. The van der Waals surface area contributed by atoms with Gasteiger partial charge in [0, 0.05) is 29.1 Å². The highest BCUT2D eigenvalue weighted by molar-refractivity contribution is 6.31. The number of carbonyl (C=O) groups is 1. The number of hydrogen-bond acceptors (Lipinski definition) is 4. The van der Waals surface area contributed by atoms with Gasteiger partial charge in [-0.2, -0.15) is 5.10 Å². The van der Waals surface area contributed by atoms with Crippen LogP contribution in [0.5, 0.6) is 5.75 Å². The van der Waals surface area contributed by atoms with Crippen molar-refractivity contribution < 1.29 is 9.53 Å². The van der Waals surface area contributed by atoms with Gasteiger partial charge < -0.3 is 15.4 Å². The smallest absolute Gasteiger partial charge is 0.257 e. The van der Waals surface area contributed by atoms with Gasteiger partial charge in [0.05, 0.1) is 18.4 Å². The zero-order chi connectivity index (χ0) is 17.2. The highest BCUT2D eigenvalue weighted by Gasteiger charge is 2.23. The fourth-order valence-corrected chi connectivity index (χ4v) is 2.74. The van der Waals surface area contributed by atoms with Crippen LogP contribution in [0.15, 0.2) is 60.8 Å². The Labute approximate surface area is 144 Å². The summed E-state index contributed by atoms with van der Waals surface area (Å²) in [6, 6.07) is 17.1. The zero-order valence-electron chi connectivity index (χ0n) is 13.5. The second-order valence-electron chi connectivity index (χ2n) is 5.60. The quantitative estimate of drug-likeness (QED) is 0.639. The summed E-state index contributed by atoms with van der Waals surface area (Å²) < 4.78 is 5.16. The van der Waals surface area contributed by atoms with Gasteiger partial charge in [0.25, 0.3) is 5.91 Å². The minimum Gasteiger partial charge on any atom is -0.497 e. The van der Waals surface area contributed by atoms with E-state index in [4.69, 9.17) is 4.74 Å². The number of nitrogens with zero attached hydrogens (tertiary/aromatic N) is 1. The number of benzene rings is 2. The van der Waals surface area contributed by atoms with Gasteiger partial charge >= 0.3 is 0 Å². The average Bonchev–Trinajstić information content (AvgIpc) is 3.24. The molecule has 0 aliphatic carbocycles. The lowest BCUT2D eigenvalue weighted by atomic mass is 10.1. The Kier molecular flexibility index (Phi) is 3.70. The molecule has 25 heavy (non-hydrogen) atoms.